The first-order valence-electron chi connectivity index (χ1n) is 13.2. The maximum Gasteiger partial charge on any atom is 0.272 e. The molecule has 8 nitrogen and oxygen atoms in total. The van der Waals surface area contributed by atoms with Crippen LogP contribution in [-0.2, 0) is 9.59 Å². The Bertz CT molecular complexity index is 1560. The predicted molar refractivity (Wildman–Crippen MR) is 167 cm³/mol. The number of rotatable bonds is 12. The number of benzene rings is 4. The third-order valence-corrected chi connectivity index (χ3v) is 6.84. The number of hydrogen-bond acceptors (Lipinski definition) is 6. The number of carbonyl (C=O) groups excluding carboxylic acids is 3. The second-order valence-corrected chi connectivity index (χ2v) is 9.98. The Labute approximate surface area is 249 Å². The van der Waals surface area contributed by atoms with E-state index in [1.54, 1.807) is 104 Å². The number of hydrogen-bond donors (Lipinski definition) is 3. The van der Waals surface area contributed by atoms with E-state index in [4.69, 9.17) is 9.47 Å². The standard InChI is InChI=1S/C33H31N3O5S/c1-3-41-27-17-15-23(16-18-27)19-30(36-32(38)24-9-5-4-6-10-24)33(39)35-26-12-8-14-29(21-26)42-22-31(37)34-25-11-7-13-28(20-25)40-2/h4-21H,3,22H2,1-2H3,(H,34,37)(H,35,39)(H,36,38)/b30-19+. The highest BCUT2D eigenvalue weighted by Crippen LogP contribution is 2.23. The topological polar surface area (TPSA) is 106 Å². The number of carbonyl (C=O) groups is 3. The van der Waals surface area contributed by atoms with Crippen LogP contribution in [-0.4, -0.2) is 37.2 Å². The summed E-state index contributed by atoms with van der Waals surface area (Å²) in [6.07, 6.45) is 1.60. The quantitative estimate of drug-likeness (QED) is 0.135. The molecule has 3 N–H and O–H groups in total. The number of methoxy groups -OCH3 is 1. The lowest BCUT2D eigenvalue weighted by atomic mass is 10.1. The van der Waals surface area contributed by atoms with Crippen LogP contribution in [0.3, 0.4) is 0 Å². The van der Waals surface area contributed by atoms with Crippen LogP contribution in [0.2, 0.25) is 0 Å². The van der Waals surface area contributed by atoms with Gasteiger partial charge in [-0.05, 0) is 73.2 Å². The molecule has 0 atom stereocenters. The third kappa shape index (κ3) is 9.00. The average Bonchev–Trinajstić information content (AvgIpc) is 3.01. The second-order valence-electron chi connectivity index (χ2n) is 8.93. The number of anilines is 2. The summed E-state index contributed by atoms with van der Waals surface area (Å²) in [5, 5.41) is 8.45. The molecule has 0 radical (unpaired) electrons. The SMILES string of the molecule is CCOc1ccc(/C=C(/NC(=O)c2ccccc2)C(=O)Nc2cccc(SCC(=O)Nc3cccc(OC)c3)c2)cc1. The minimum absolute atomic E-state index is 0.0729. The number of amides is 3. The van der Waals surface area contributed by atoms with Gasteiger partial charge in [-0.25, -0.2) is 0 Å². The monoisotopic (exact) mass is 581 g/mol. The Kier molecular flexibility index (Phi) is 10.8. The van der Waals surface area contributed by atoms with Gasteiger partial charge in [0.2, 0.25) is 5.91 Å². The van der Waals surface area contributed by atoms with E-state index in [0.717, 1.165) is 4.90 Å². The van der Waals surface area contributed by atoms with Gasteiger partial charge in [-0.1, -0.05) is 42.5 Å². The van der Waals surface area contributed by atoms with Crippen LogP contribution in [0.15, 0.2) is 114 Å². The van der Waals surface area contributed by atoms with Crippen molar-refractivity contribution in [1.82, 2.24) is 5.32 Å². The normalized spacial score (nSPS) is 10.9. The smallest absolute Gasteiger partial charge is 0.272 e. The molecule has 0 saturated heterocycles. The number of nitrogens with one attached hydrogen (secondary N) is 3. The Hall–Kier alpha value is -5.02. The molecule has 0 spiro atoms. The molecule has 0 bridgehead atoms. The van der Waals surface area contributed by atoms with Crippen molar-refractivity contribution in [1.29, 1.82) is 0 Å². The summed E-state index contributed by atoms with van der Waals surface area (Å²) in [4.78, 5) is 39.6. The van der Waals surface area contributed by atoms with E-state index in [9.17, 15) is 14.4 Å². The van der Waals surface area contributed by atoms with E-state index in [0.29, 0.717) is 40.6 Å². The molecule has 4 rings (SSSR count). The van der Waals surface area contributed by atoms with Crippen molar-refractivity contribution in [2.75, 3.05) is 30.1 Å². The van der Waals surface area contributed by atoms with Gasteiger partial charge in [-0.2, -0.15) is 0 Å². The first-order valence-corrected chi connectivity index (χ1v) is 14.2. The summed E-state index contributed by atoms with van der Waals surface area (Å²) in [5.41, 5.74) is 2.37. The van der Waals surface area contributed by atoms with Crippen LogP contribution in [0.5, 0.6) is 11.5 Å². The van der Waals surface area contributed by atoms with Crippen LogP contribution in [0.25, 0.3) is 6.08 Å². The Morgan fingerprint density at radius 1 is 0.786 bits per heavy atom. The zero-order valence-electron chi connectivity index (χ0n) is 23.3. The summed E-state index contributed by atoms with van der Waals surface area (Å²) < 4.78 is 10.7. The Morgan fingerprint density at radius 2 is 1.50 bits per heavy atom. The van der Waals surface area contributed by atoms with Gasteiger partial charge in [-0.15, -0.1) is 11.8 Å². The molecule has 0 aliphatic heterocycles. The highest BCUT2D eigenvalue weighted by atomic mass is 32.2. The van der Waals surface area contributed by atoms with Crippen molar-refractivity contribution >= 4 is 46.9 Å². The lowest BCUT2D eigenvalue weighted by Crippen LogP contribution is -2.30. The average molecular weight is 582 g/mol. The molecule has 0 aliphatic rings. The molecular weight excluding hydrogens is 550 g/mol. The van der Waals surface area contributed by atoms with Gasteiger partial charge < -0.3 is 25.4 Å². The largest absolute Gasteiger partial charge is 0.497 e. The van der Waals surface area contributed by atoms with Gasteiger partial charge in [0.25, 0.3) is 11.8 Å². The van der Waals surface area contributed by atoms with Crippen LogP contribution in [0.4, 0.5) is 11.4 Å². The summed E-state index contributed by atoms with van der Waals surface area (Å²) in [6.45, 7) is 2.44. The van der Waals surface area contributed by atoms with Crippen molar-refractivity contribution < 1.29 is 23.9 Å². The molecule has 42 heavy (non-hydrogen) atoms. The molecule has 0 saturated carbocycles. The van der Waals surface area contributed by atoms with E-state index in [1.165, 1.54) is 11.8 Å². The molecule has 0 fully saturated rings. The van der Waals surface area contributed by atoms with Crippen molar-refractivity contribution in [2.45, 2.75) is 11.8 Å². The fourth-order valence-corrected chi connectivity index (χ4v) is 4.60. The van der Waals surface area contributed by atoms with Gasteiger partial charge in [0, 0.05) is 27.9 Å². The maximum atomic E-state index is 13.4. The second kappa shape index (κ2) is 15.1. The summed E-state index contributed by atoms with van der Waals surface area (Å²) in [6, 6.07) is 30.2. The van der Waals surface area contributed by atoms with E-state index >= 15 is 0 Å². The van der Waals surface area contributed by atoms with E-state index in [1.807, 2.05) is 19.1 Å². The van der Waals surface area contributed by atoms with Crippen molar-refractivity contribution in [3.05, 3.63) is 120 Å². The van der Waals surface area contributed by atoms with Crippen LogP contribution < -0.4 is 25.4 Å². The molecule has 0 aliphatic carbocycles. The molecule has 0 heterocycles. The minimum atomic E-state index is -0.494. The van der Waals surface area contributed by atoms with Crippen LogP contribution >= 0.6 is 11.8 Å². The van der Waals surface area contributed by atoms with E-state index < -0.39 is 11.8 Å². The zero-order valence-corrected chi connectivity index (χ0v) is 24.1. The van der Waals surface area contributed by atoms with Crippen LogP contribution in [0.1, 0.15) is 22.8 Å². The van der Waals surface area contributed by atoms with Gasteiger partial charge >= 0.3 is 0 Å². The highest BCUT2D eigenvalue weighted by molar-refractivity contribution is 8.00. The molecule has 3 amide bonds. The van der Waals surface area contributed by atoms with Gasteiger partial charge in [-0.3, -0.25) is 14.4 Å². The summed E-state index contributed by atoms with van der Waals surface area (Å²) in [7, 11) is 1.57. The van der Waals surface area contributed by atoms with Crippen molar-refractivity contribution in [3.63, 3.8) is 0 Å². The molecule has 4 aromatic carbocycles. The third-order valence-electron chi connectivity index (χ3n) is 5.85. The van der Waals surface area contributed by atoms with E-state index in [-0.39, 0.29) is 17.4 Å². The fraction of sp³-hybridized carbons (Fsp3) is 0.121. The molecular formula is C33H31N3O5S. The fourth-order valence-electron chi connectivity index (χ4n) is 3.84. The Morgan fingerprint density at radius 3 is 2.21 bits per heavy atom. The lowest BCUT2D eigenvalue weighted by Gasteiger charge is -2.12. The van der Waals surface area contributed by atoms with Gasteiger partial charge in [0.1, 0.15) is 17.2 Å². The molecule has 4 aromatic rings. The molecule has 9 heteroatoms. The Balaban J connectivity index is 1.45. The first-order chi connectivity index (χ1) is 20.4. The van der Waals surface area contributed by atoms with Crippen molar-refractivity contribution in [2.24, 2.45) is 0 Å². The molecule has 0 aromatic heterocycles. The maximum absolute atomic E-state index is 13.4. The predicted octanol–water partition coefficient (Wildman–Crippen LogP) is 6.23. The number of ether oxygens (including phenoxy) is 2. The zero-order chi connectivity index (χ0) is 29.7. The highest BCUT2D eigenvalue weighted by Gasteiger charge is 2.16. The lowest BCUT2D eigenvalue weighted by molar-refractivity contribution is -0.114. The minimum Gasteiger partial charge on any atom is -0.497 e. The van der Waals surface area contributed by atoms with E-state index in [2.05, 4.69) is 16.0 Å². The first kappa shape index (κ1) is 30.0. The summed E-state index contributed by atoms with van der Waals surface area (Å²) in [5.74, 6) is 0.456. The molecule has 214 valence electrons. The van der Waals surface area contributed by atoms with Gasteiger partial charge in [0.05, 0.1) is 19.5 Å². The molecule has 0 unspecified atom stereocenters. The number of thioether (sulfide) groups is 1. The van der Waals surface area contributed by atoms with Crippen LogP contribution in [0, 0.1) is 0 Å². The van der Waals surface area contributed by atoms with Crippen molar-refractivity contribution in [3.8, 4) is 11.5 Å². The van der Waals surface area contributed by atoms with Gasteiger partial charge in [0.15, 0.2) is 0 Å². The summed E-state index contributed by atoms with van der Waals surface area (Å²) >= 11 is 1.33.